The summed E-state index contributed by atoms with van der Waals surface area (Å²) in [6.45, 7) is -1.39. The van der Waals surface area contributed by atoms with Gasteiger partial charge in [-0.1, -0.05) is 48.5 Å². The molecule has 0 spiro atoms. The fourth-order valence-electron chi connectivity index (χ4n) is 5.16. The monoisotopic (exact) mass is 691 g/mol. The fourth-order valence-corrected chi connectivity index (χ4v) is 7.16. The van der Waals surface area contributed by atoms with Crippen molar-refractivity contribution in [2.45, 2.75) is 29.5 Å². The number of aliphatic hydroxyl groups excluding tert-OH is 2. The van der Waals surface area contributed by atoms with Gasteiger partial charge in [-0.25, -0.2) is 4.79 Å². The highest BCUT2D eigenvalue weighted by Crippen LogP contribution is 2.48. The molecule has 5 atom stereocenters. The molecular weight excluding hydrogens is 659 g/mol. The summed E-state index contributed by atoms with van der Waals surface area (Å²) in [5.41, 5.74) is 2.26. The zero-order chi connectivity index (χ0) is 34.2. The van der Waals surface area contributed by atoms with Gasteiger partial charge in [0.15, 0.2) is 6.61 Å². The summed E-state index contributed by atoms with van der Waals surface area (Å²) in [5.74, 6) is -2.88. The smallest absolute Gasteiger partial charge is 0.328 e. The second-order valence-corrected chi connectivity index (χ2v) is 12.8. The molecule has 2 heterocycles. The maximum absolute atomic E-state index is 13.4. The zero-order valence-electron chi connectivity index (χ0n) is 25.3. The van der Waals surface area contributed by atoms with Crippen LogP contribution in [0.1, 0.15) is 34.9 Å². The Labute approximate surface area is 284 Å². The second-order valence-electron chi connectivity index (χ2n) is 10.8. The number of aliphatic hydroxyl groups is 2. The summed E-state index contributed by atoms with van der Waals surface area (Å²) in [7, 11) is 0. The lowest BCUT2D eigenvalue weighted by Gasteiger charge is -2.47. The first-order valence-corrected chi connectivity index (χ1v) is 16.8. The number of nitrogens with zero attached hydrogens (tertiary/aromatic N) is 1. The summed E-state index contributed by atoms with van der Waals surface area (Å²) in [6, 6.07) is 20.2. The van der Waals surface area contributed by atoms with E-state index in [9.17, 15) is 39.6 Å². The number of aromatic hydroxyl groups is 1. The topological polar surface area (TPSA) is 186 Å². The lowest BCUT2D eigenvalue weighted by Crippen LogP contribution is -2.57. The quantitative estimate of drug-likeness (QED) is 0.101. The summed E-state index contributed by atoms with van der Waals surface area (Å²) < 4.78 is 5.62. The van der Waals surface area contributed by atoms with E-state index in [1.807, 2.05) is 35.0 Å². The van der Waals surface area contributed by atoms with E-state index in [0.29, 0.717) is 16.8 Å². The number of rotatable bonds is 15. The number of nitrogens with one attached hydrogen (secondary N) is 2. The molecule has 4 aromatic rings. The number of benzene rings is 3. The first-order valence-electron chi connectivity index (χ1n) is 14.8. The van der Waals surface area contributed by atoms with Gasteiger partial charge < -0.3 is 40.7 Å². The van der Waals surface area contributed by atoms with Crippen molar-refractivity contribution < 1.29 is 44.3 Å². The number of hydrogen-bond acceptors (Lipinski definition) is 10. The number of phenols is 1. The summed E-state index contributed by atoms with van der Waals surface area (Å²) in [5, 5.41) is 48.1. The average molecular weight is 692 g/mol. The minimum atomic E-state index is -1.56. The predicted molar refractivity (Wildman–Crippen MR) is 180 cm³/mol. The van der Waals surface area contributed by atoms with Crippen LogP contribution in [0.5, 0.6) is 11.5 Å². The fraction of sp³-hybridized carbons (Fsp3) is 0.235. The van der Waals surface area contributed by atoms with Crippen molar-refractivity contribution in [2.75, 3.05) is 23.9 Å². The number of aliphatic carboxylic acids is 1. The maximum atomic E-state index is 13.4. The third-order valence-electron chi connectivity index (χ3n) is 7.63. The number of carboxylic acid groups (broad SMARTS) is 1. The zero-order valence-corrected chi connectivity index (χ0v) is 27.0. The van der Waals surface area contributed by atoms with E-state index in [1.165, 1.54) is 29.2 Å². The molecule has 1 saturated heterocycles. The molecule has 48 heavy (non-hydrogen) atoms. The van der Waals surface area contributed by atoms with Gasteiger partial charge in [-0.3, -0.25) is 14.4 Å². The maximum Gasteiger partial charge on any atom is 0.328 e. The highest BCUT2D eigenvalue weighted by Gasteiger charge is 2.50. The summed E-state index contributed by atoms with van der Waals surface area (Å²) >= 11 is 2.78. The second kappa shape index (κ2) is 15.8. The normalized spacial score (nSPS) is 17.5. The van der Waals surface area contributed by atoms with Crippen molar-refractivity contribution in [2.24, 2.45) is 0 Å². The number of phenolic OH excluding ortho intramolecular Hbond substituents is 1. The van der Waals surface area contributed by atoms with Crippen molar-refractivity contribution >= 4 is 52.5 Å². The first kappa shape index (κ1) is 34.4. The molecule has 1 fully saturated rings. The van der Waals surface area contributed by atoms with Crippen LogP contribution in [-0.2, 0) is 19.2 Å². The largest absolute Gasteiger partial charge is 0.507 e. The van der Waals surface area contributed by atoms with Crippen LogP contribution in [0.4, 0.5) is 5.69 Å². The van der Waals surface area contributed by atoms with Gasteiger partial charge in [-0.05, 0) is 52.2 Å². The lowest BCUT2D eigenvalue weighted by molar-refractivity contribution is -0.143. The predicted octanol–water partition coefficient (Wildman–Crippen LogP) is 3.17. The van der Waals surface area contributed by atoms with Crippen LogP contribution in [0.15, 0.2) is 95.7 Å². The highest BCUT2D eigenvalue weighted by molar-refractivity contribution is 8.00. The third kappa shape index (κ3) is 7.97. The third-order valence-corrected chi connectivity index (χ3v) is 9.66. The molecule has 6 N–H and O–H groups in total. The molecule has 0 aliphatic carbocycles. The van der Waals surface area contributed by atoms with Crippen molar-refractivity contribution in [3.63, 3.8) is 0 Å². The Morgan fingerprint density at radius 1 is 0.958 bits per heavy atom. The van der Waals surface area contributed by atoms with Crippen LogP contribution in [0, 0.1) is 0 Å². The molecule has 0 bridgehead atoms. The number of carboxylic acids is 1. The average Bonchev–Trinajstić information content (AvgIpc) is 3.64. The van der Waals surface area contributed by atoms with Gasteiger partial charge in [0.2, 0.25) is 11.8 Å². The summed E-state index contributed by atoms with van der Waals surface area (Å²) in [4.78, 5) is 52.1. The van der Waals surface area contributed by atoms with Crippen molar-refractivity contribution in [3.05, 3.63) is 112 Å². The number of amides is 3. The van der Waals surface area contributed by atoms with E-state index < -0.39 is 60.5 Å². The van der Waals surface area contributed by atoms with Crippen LogP contribution >= 0.6 is 23.1 Å². The van der Waals surface area contributed by atoms with Gasteiger partial charge in [0.1, 0.15) is 28.8 Å². The van der Waals surface area contributed by atoms with Gasteiger partial charge in [-0.15, -0.1) is 11.8 Å². The number of thioether (sulfide) groups is 1. The standard InChI is InChI=1S/C34H33N3O9S2/c38-16-25(34(44)45)35-32(42)29(20-7-3-1-4-8-20)36-28(41)17-46-23-11-12-24(26(39)15-23)30-31(48-19-27(40)21-13-14-47-18-21)33(43)37(30)22-9-5-2-6-10-22/h1-15,18,25,27,29-31,38-40H,16-17,19H2,(H,35,42)(H,36,41)(H,44,45)/t25-,27+,29-,30-,31-/m1/s1. The first-order chi connectivity index (χ1) is 23.2. The molecule has 250 valence electrons. The van der Waals surface area contributed by atoms with Gasteiger partial charge >= 0.3 is 5.97 Å². The molecule has 1 aliphatic rings. The van der Waals surface area contributed by atoms with E-state index in [2.05, 4.69) is 10.6 Å². The van der Waals surface area contributed by atoms with Crippen LogP contribution in [0.2, 0.25) is 0 Å². The Morgan fingerprint density at radius 3 is 2.29 bits per heavy atom. The Hall–Kier alpha value is -4.89. The van der Waals surface area contributed by atoms with Crippen LogP contribution in [-0.4, -0.2) is 74.4 Å². The molecular formula is C34H33N3O9S2. The molecule has 3 amide bonds. The Bertz CT molecular complexity index is 1720. The number of carbonyl (C=O) groups excluding carboxylic acids is 3. The molecule has 0 saturated carbocycles. The molecule has 12 nitrogen and oxygen atoms in total. The number of para-hydroxylation sites is 1. The molecule has 0 radical (unpaired) electrons. The minimum absolute atomic E-state index is 0.146. The van der Waals surface area contributed by atoms with E-state index in [4.69, 9.17) is 4.74 Å². The number of anilines is 1. The lowest BCUT2D eigenvalue weighted by atomic mass is 9.91. The molecule has 0 unspecified atom stereocenters. The van der Waals surface area contributed by atoms with Gasteiger partial charge in [0.05, 0.1) is 18.8 Å². The van der Waals surface area contributed by atoms with Gasteiger partial charge in [0, 0.05) is 23.1 Å². The number of thiophene rings is 1. The SMILES string of the molecule is O=C(COc1ccc([C@@H]2[C@@H](SC[C@H](O)c3ccsc3)C(=O)N2c2ccccc2)c(O)c1)N[C@@H](C(=O)N[C@H](CO)C(=O)O)c1ccccc1. The van der Waals surface area contributed by atoms with Crippen LogP contribution < -0.4 is 20.3 Å². The number of hydrogen-bond donors (Lipinski definition) is 6. The Kier molecular flexibility index (Phi) is 11.3. The number of carbonyl (C=O) groups is 4. The van der Waals surface area contributed by atoms with Crippen molar-refractivity contribution in [1.29, 1.82) is 0 Å². The van der Waals surface area contributed by atoms with Crippen molar-refractivity contribution in [3.8, 4) is 11.5 Å². The van der Waals surface area contributed by atoms with Crippen LogP contribution in [0.25, 0.3) is 0 Å². The van der Waals surface area contributed by atoms with Crippen LogP contribution in [0.3, 0.4) is 0 Å². The van der Waals surface area contributed by atoms with E-state index in [0.717, 1.165) is 5.56 Å². The molecule has 14 heteroatoms. The Morgan fingerprint density at radius 2 is 1.67 bits per heavy atom. The number of β-lactam (4-membered cyclic amide) rings is 1. The molecule has 1 aromatic heterocycles. The highest BCUT2D eigenvalue weighted by atomic mass is 32.2. The summed E-state index contributed by atoms with van der Waals surface area (Å²) in [6.07, 6.45) is -0.753. The van der Waals surface area contributed by atoms with Crippen molar-refractivity contribution in [1.82, 2.24) is 10.6 Å². The van der Waals surface area contributed by atoms with E-state index >= 15 is 0 Å². The Balaban J connectivity index is 1.28. The molecule has 5 rings (SSSR count). The van der Waals surface area contributed by atoms with E-state index in [1.54, 1.807) is 59.5 Å². The van der Waals surface area contributed by atoms with E-state index in [-0.39, 0.29) is 23.2 Å². The number of ether oxygens (including phenoxy) is 1. The molecule has 3 aromatic carbocycles. The molecule has 1 aliphatic heterocycles. The minimum Gasteiger partial charge on any atom is -0.507 e. The van der Waals surface area contributed by atoms with Gasteiger partial charge in [0.25, 0.3) is 5.91 Å². The van der Waals surface area contributed by atoms with Gasteiger partial charge in [-0.2, -0.15) is 11.3 Å².